The highest BCUT2D eigenvalue weighted by molar-refractivity contribution is 9.09. The molecule has 0 amide bonds. The van der Waals surface area contributed by atoms with Crippen LogP contribution in [0.25, 0.3) is 11.1 Å². The summed E-state index contributed by atoms with van der Waals surface area (Å²) in [6.07, 6.45) is 0. The van der Waals surface area contributed by atoms with E-state index in [1.165, 1.54) is 5.56 Å². The Labute approximate surface area is 110 Å². The van der Waals surface area contributed by atoms with Crippen molar-refractivity contribution < 1.29 is 4.42 Å². The van der Waals surface area contributed by atoms with Crippen molar-refractivity contribution in [3.8, 4) is 0 Å². The van der Waals surface area contributed by atoms with E-state index in [4.69, 9.17) is 4.42 Å². The number of rotatable bonds is 4. The SMILES string of the molecule is Cc1nc2ccc(C(C)(C)CNCBr)cc2o1. The quantitative estimate of drug-likeness (QED) is 0.694. The molecule has 2 aromatic rings. The molecule has 1 aromatic carbocycles. The van der Waals surface area contributed by atoms with Crippen LogP contribution in [-0.4, -0.2) is 17.0 Å². The van der Waals surface area contributed by atoms with Crippen LogP contribution in [0.3, 0.4) is 0 Å². The van der Waals surface area contributed by atoms with Gasteiger partial charge in [0.2, 0.25) is 0 Å². The van der Waals surface area contributed by atoms with E-state index in [0.29, 0.717) is 5.89 Å². The van der Waals surface area contributed by atoms with E-state index in [2.05, 4.69) is 52.2 Å². The van der Waals surface area contributed by atoms with Crippen molar-refractivity contribution in [1.82, 2.24) is 10.3 Å². The molecule has 92 valence electrons. The van der Waals surface area contributed by atoms with Gasteiger partial charge in [0.25, 0.3) is 0 Å². The first-order chi connectivity index (χ1) is 8.03. The number of fused-ring (bicyclic) bond motifs is 1. The van der Waals surface area contributed by atoms with Gasteiger partial charge in [-0.05, 0) is 17.7 Å². The second-order valence-electron chi connectivity index (χ2n) is 4.86. The molecule has 4 heteroatoms. The highest BCUT2D eigenvalue weighted by Crippen LogP contribution is 2.26. The summed E-state index contributed by atoms with van der Waals surface area (Å²) >= 11 is 3.38. The van der Waals surface area contributed by atoms with E-state index in [0.717, 1.165) is 23.1 Å². The molecule has 0 bridgehead atoms. The minimum Gasteiger partial charge on any atom is -0.441 e. The van der Waals surface area contributed by atoms with Crippen LogP contribution in [-0.2, 0) is 5.41 Å². The molecule has 0 aliphatic heterocycles. The van der Waals surface area contributed by atoms with Crippen LogP contribution in [0.4, 0.5) is 0 Å². The highest BCUT2D eigenvalue weighted by atomic mass is 79.9. The molecule has 1 heterocycles. The van der Waals surface area contributed by atoms with E-state index >= 15 is 0 Å². The largest absolute Gasteiger partial charge is 0.441 e. The van der Waals surface area contributed by atoms with Gasteiger partial charge in [-0.3, -0.25) is 0 Å². The summed E-state index contributed by atoms with van der Waals surface area (Å²) in [5.41, 5.74) is 3.93. The smallest absolute Gasteiger partial charge is 0.192 e. The van der Waals surface area contributed by atoms with Crippen molar-refractivity contribution >= 4 is 27.0 Å². The van der Waals surface area contributed by atoms with E-state index < -0.39 is 0 Å². The van der Waals surface area contributed by atoms with Crippen molar-refractivity contribution in [2.45, 2.75) is 26.2 Å². The molecule has 0 saturated carbocycles. The van der Waals surface area contributed by atoms with E-state index in [-0.39, 0.29) is 5.41 Å². The topological polar surface area (TPSA) is 38.1 Å². The third-order valence-corrected chi connectivity index (χ3v) is 3.33. The molecule has 0 fully saturated rings. The monoisotopic (exact) mass is 296 g/mol. The van der Waals surface area contributed by atoms with Crippen LogP contribution in [0.2, 0.25) is 0 Å². The fraction of sp³-hybridized carbons (Fsp3) is 0.462. The van der Waals surface area contributed by atoms with E-state index in [1.807, 2.05) is 13.0 Å². The highest BCUT2D eigenvalue weighted by Gasteiger charge is 2.21. The Bertz CT molecular complexity index is 519. The van der Waals surface area contributed by atoms with Crippen LogP contribution in [0.15, 0.2) is 22.6 Å². The van der Waals surface area contributed by atoms with Crippen LogP contribution < -0.4 is 5.32 Å². The Hall–Kier alpha value is -0.870. The molecule has 1 N–H and O–H groups in total. The van der Waals surface area contributed by atoms with E-state index in [1.54, 1.807) is 0 Å². The van der Waals surface area contributed by atoms with Crippen LogP contribution in [0.5, 0.6) is 0 Å². The Kier molecular flexibility index (Phi) is 3.54. The lowest BCUT2D eigenvalue weighted by Gasteiger charge is -2.25. The predicted molar refractivity (Wildman–Crippen MR) is 73.6 cm³/mol. The summed E-state index contributed by atoms with van der Waals surface area (Å²) in [6.45, 7) is 7.22. The van der Waals surface area contributed by atoms with Gasteiger partial charge in [-0.15, -0.1) is 0 Å². The summed E-state index contributed by atoms with van der Waals surface area (Å²) in [7, 11) is 0. The van der Waals surface area contributed by atoms with Crippen LogP contribution >= 0.6 is 15.9 Å². The van der Waals surface area contributed by atoms with Crippen molar-refractivity contribution in [2.24, 2.45) is 0 Å². The van der Waals surface area contributed by atoms with Crippen LogP contribution in [0, 0.1) is 6.92 Å². The maximum absolute atomic E-state index is 5.57. The summed E-state index contributed by atoms with van der Waals surface area (Å²) in [5.74, 6) is 0.716. The number of nitrogens with one attached hydrogen (secondary N) is 1. The van der Waals surface area contributed by atoms with Gasteiger partial charge in [0, 0.05) is 18.9 Å². The first kappa shape index (κ1) is 12.6. The second kappa shape index (κ2) is 4.78. The van der Waals surface area contributed by atoms with Crippen molar-refractivity contribution in [3.05, 3.63) is 29.7 Å². The zero-order valence-electron chi connectivity index (χ0n) is 10.4. The maximum Gasteiger partial charge on any atom is 0.192 e. The van der Waals surface area contributed by atoms with Gasteiger partial charge in [-0.2, -0.15) is 0 Å². The second-order valence-corrected chi connectivity index (χ2v) is 5.42. The van der Waals surface area contributed by atoms with Crippen molar-refractivity contribution in [1.29, 1.82) is 0 Å². The molecule has 0 aliphatic carbocycles. The number of oxazole rings is 1. The summed E-state index contributed by atoms with van der Waals surface area (Å²) < 4.78 is 5.57. The number of aromatic nitrogens is 1. The predicted octanol–water partition coefficient (Wildman–Crippen LogP) is 3.36. The fourth-order valence-electron chi connectivity index (χ4n) is 1.92. The summed E-state index contributed by atoms with van der Waals surface area (Å²) in [6, 6.07) is 6.24. The Morgan fingerprint density at radius 2 is 2.18 bits per heavy atom. The number of nitrogens with zero attached hydrogens (tertiary/aromatic N) is 1. The zero-order valence-corrected chi connectivity index (χ0v) is 12.0. The van der Waals surface area contributed by atoms with Gasteiger partial charge in [0.05, 0.1) is 5.45 Å². The molecule has 0 atom stereocenters. The van der Waals surface area contributed by atoms with Gasteiger partial charge in [-0.25, -0.2) is 4.98 Å². The molecule has 0 aliphatic rings. The number of benzene rings is 1. The summed E-state index contributed by atoms with van der Waals surface area (Å²) in [5, 5.41) is 3.31. The average Bonchev–Trinajstić information content (AvgIpc) is 2.65. The zero-order chi connectivity index (χ0) is 12.5. The maximum atomic E-state index is 5.57. The molecule has 3 nitrogen and oxygen atoms in total. The van der Waals surface area contributed by atoms with Gasteiger partial charge < -0.3 is 9.73 Å². The minimum atomic E-state index is 0.0721. The average molecular weight is 297 g/mol. The third-order valence-electron chi connectivity index (χ3n) is 2.94. The third kappa shape index (κ3) is 2.69. The van der Waals surface area contributed by atoms with E-state index in [9.17, 15) is 0 Å². The van der Waals surface area contributed by atoms with Gasteiger partial charge in [0.1, 0.15) is 5.52 Å². The molecule has 0 unspecified atom stereocenters. The molecule has 1 aromatic heterocycles. The first-order valence-electron chi connectivity index (χ1n) is 5.67. The Morgan fingerprint density at radius 1 is 1.41 bits per heavy atom. The molecule has 2 rings (SSSR count). The molecular formula is C13H17BrN2O. The Balaban J connectivity index is 2.34. The Morgan fingerprint density at radius 3 is 2.88 bits per heavy atom. The lowest BCUT2D eigenvalue weighted by Crippen LogP contribution is -2.32. The molecule has 0 saturated heterocycles. The number of alkyl halides is 1. The normalized spacial score (nSPS) is 12.2. The molecular weight excluding hydrogens is 280 g/mol. The molecule has 0 radical (unpaired) electrons. The number of hydrogen-bond donors (Lipinski definition) is 1. The lowest BCUT2D eigenvalue weighted by molar-refractivity contribution is 0.489. The number of hydrogen-bond acceptors (Lipinski definition) is 3. The van der Waals surface area contributed by atoms with Crippen molar-refractivity contribution in [3.63, 3.8) is 0 Å². The molecule has 17 heavy (non-hydrogen) atoms. The van der Waals surface area contributed by atoms with Crippen LogP contribution in [0.1, 0.15) is 25.3 Å². The van der Waals surface area contributed by atoms with Gasteiger partial charge in [-0.1, -0.05) is 35.8 Å². The van der Waals surface area contributed by atoms with Gasteiger partial charge >= 0.3 is 0 Å². The summed E-state index contributed by atoms with van der Waals surface area (Å²) in [4.78, 5) is 4.31. The van der Waals surface area contributed by atoms with Gasteiger partial charge in [0.15, 0.2) is 11.5 Å². The first-order valence-corrected chi connectivity index (χ1v) is 6.79. The fourth-order valence-corrected chi connectivity index (χ4v) is 2.12. The molecule has 0 spiro atoms. The minimum absolute atomic E-state index is 0.0721. The number of aryl methyl sites for hydroxylation is 1. The van der Waals surface area contributed by atoms with Crippen molar-refractivity contribution in [2.75, 3.05) is 12.0 Å². The number of halogens is 1. The lowest BCUT2D eigenvalue weighted by atomic mass is 9.84. The standard InChI is InChI=1S/C13H17BrN2O/c1-9-16-11-5-4-10(6-12(11)17-9)13(2,3)7-15-8-14/h4-6,15H,7-8H2,1-3H3.